The van der Waals surface area contributed by atoms with Crippen LogP contribution in [0.4, 0.5) is 0 Å². The lowest BCUT2D eigenvalue weighted by molar-refractivity contribution is 0.164. The maximum absolute atomic E-state index is 9.39. The van der Waals surface area contributed by atoms with Crippen LogP contribution in [0, 0.1) is 0 Å². The molecule has 4 heteroatoms. The van der Waals surface area contributed by atoms with Crippen LogP contribution in [0.5, 0.6) is 5.75 Å². The number of halogens is 1. The number of methoxy groups -OCH3 is 1. The van der Waals surface area contributed by atoms with E-state index in [0.29, 0.717) is 18.4 Å². The van der Waals surface area contributed by atoms with E-state index in [-0.39, 0.29) is 0 Å². The first-order valence-corrected chi connectivity index (χ1v) is 6.16. The van der Waals surface area contributed by atoms with Crippen molar-refractivity contribution in [1.29, 1.82) is 0 Å². The second kappa shape index (κ2) is 6.89. The molecule has 3 nitrogen and oxygen atoms in total. The first kappa shape index (κ1) is 13.5. The average molecular weight is 288 g/mol. The van der Waals surface area contributed by atoms with Gasteiger partial charge in [-0.2, -0.15) is 0 Å². The lowest BCUT2D eigenvalue weighted by atomic mass is 10.2. The van der Waals surface area contributed by atoms with Crippen LogP contribution < -0.4 is 5.32 Å². The molecule has 0 amide bonds. The highest BCUT2D eigenvalue weighted by Crippen LogP contribution is 2.21. The van der Waals surface area contributed by atoms with Crippen molar-refractivity contribution in [2.24, 2.45) is 0 Å². The summed E-state index contributed by atoms with van der Waals surface area (Å²) in [5, 5.41) is 12.8. The quantitative estimate of drug-likeness (QED) is 0.845. The summed E-state index contributed by atoms with van der Waals surface area (Å²) in [7, 11) is 1.70. The topological polar surface area (TPSA) is 41.5 Å². The van der Waals surface area contributed by atoms with Gasteiger partial charge in [-0.25, -0.2) is 0 Å². The Balaban J connectivity index is 2.55. The molecule has 0 aliphatic rings. The van der Waals surface area contributed by atoms with E-state index < -0.39 is 0 Å². The molecule has 0 bridgehead atoms. The van der Waals surface area contributed by atoms with Crippen LogP contribution >= 0.6 is 15.9 Å². The lowest BCUT2D eigenvalue weighted by Gasteiger charge is -2.16. The van der Waals surface area contributed by atoms with Crippen molar-refractivity contribution in [2.45, 2.75) is 25.9 Å². The highest BCUT2D eigenvalue weighted by Gasteiger charge is 2.07. The molecular weight excluding hydrogens is 270 g/mol. The number of benzene rings is 1. The van der Waals surface area contributed by atoms with Gasteiger partial charge >= 0.3 is 0 Å². The summed E-state index contributed by atoms with van der Waals surface area (Å²) in [5.41, 5.74) is 1.05. The van der Waals surface area contributed by atoms with Crippen LogP contribution in [-0.4, -0.2) is 24.9 Å². The van der Waals surface area contributed by atoms with E-state index in [1.807, 2.05) is 6.07 Å². The zero-order chi connectivity index (χ0) is 12.0. The number of phenolic OH excluding ortho intramolecular Hbond substituents is 1. The maximum Gasteiger partial charge on any atom is 0.115 e. The van der Waals surface area contributed by atoms with Gasteiger partial charge in [-0.15, -0.1) is 0 Å². The number of hydrogen-bond acceptors (Lipinski definition) is 3. The Morgan fingerprint density at radius 3 is 2.88 bits per heavy atom. The molecule has 0 radical (unpaired) electrons. The second-order valence-electron chi connectivity index (χ2n) is 3.72. The Hall–Kier alpha value is -0.580. The van der Waals surface area contributed by atoms with Crippen molar-refractivity contribution in [3.8, 4) is 5.75 Å². The van der Waals surface area contributed by atoms with Crippen LogP contribution in [0.25, 0.3) is 0 Å². The molecule has 0 saturated heterocycles. The van der Waals surface area contributed by atoms with Gasteiger partial charge in [0.1, 0.15) is 5.75 Å². The summed E-state index contributed by atoms with van der Waals surface area (Å²) >= 11 is 3.46. The molecule has 1 aromatic carbocycles. The van der Waals surface area contributed by atoms with Crippen LogP contribution in [-0.2, 0) is 11.3 Å². The lowest BCUT2D eigenvalue weighted by Crippen LogP contribution is -2.32. The van der Waals surface area contributed by atoms with Gasteiger partial charge in [0.2, 0.25) is 0 Å². The van der Waals surface area contributed by atoms with Crippen LogP contribution in [0.15, 0.2) is 22.7 Å². The van der Waals surface area contributed by atoms with E-state index in [9.17, 15) is 5.11 Å². The van der Waals surface area contributed by atoms with Gasteiger partial charge in [0, 0.05) is 24.2 Å². The third-order valence-corrected chi connectivity index (χ3v) is 3.24. The molecule has 0 aromatic heterocycles. The maximum atomic E-state index is 9.39. The molecule has 1 unspecified atom stereocenters. The van der Waals surface area contributed by atoms with Crippen LogP contribution in [0.3, 0.4) is 0 Å². The van der Waals surface area contributed by atoms with Gasteiger partial charge in [0.25, 0.3) is 0 Å². The Labute approximate surface area is 105 Å². The minimum atomic E-state index is 0.291. The monoisotopic (exact) mass is 287 g/mol. The van der Waals surface area contributed by atoms with E-state index in [0.717, 1.165) is 23.0 Å². The average Bonchev–Trinajstić information content (AvgIpc) is 2.28. The van der Waals surface area contributed by atoms with Gasteiger partial charge in [-0.3, -0.25) is 0 Å². The van der Waals surface area contributed by atoms with Crippen LogP contribution in [0.2, 0.25) is 0 Å². The van der Waals surface area contributed by atoms with Crippen molar-refractivity contribution in [1.82, 2.24) is 5.32 Å². The minimum absolute atomic E-state index is 0.291. The summed E-state index contributed by atoms with van der Waals surface area (Å²) in [5.74, 6) is 0.291. The molecule has 1 rings (SSSR count). The molecule has 16 heavy (non-hydrogen) atoms. The van der Waals surface area contributed by atoms with E-state index in [1.54, 1.807) is 19.2 Å². The first-order chi connectivity index (χ1) is 7.67. The molecule has 0 aliphatic heterocycles. The molecule has 0 saturated carbocycles. The van der Waals surface area contributed by atoms with Crippen molar-refractivity contribution < 1.29 is 9.84 Å². The summed E-state index contributed by atoms with van der Waals surface area (Å²) in [6.45, 7) is 3.54. The van der Waals surface area contributed by atoms with E-state index in [1.165, 1.54) is 0 Å². The Kier molecular flexibility index (Phi) is 5.80. The second-order valence-corrected chi connectivity index (χ2v) is 4.57. The third kappa shape index (κ3) is 4.12. The normalized spacial score (nSPS) is 12.7. The highest BCUT2D eigenvalue weighted by atomic mass is 79.9. The SMILES string of the molecule is CCC(COC)NCc1cc(O)ccc1Br. The summed E-state index contributed by atoms with van der Waals surface area (Å²) < 4.78 is 6.12. The molecule has 2 N–H and O–H groups in total. The number of hydrogen-bond donors (Lipinski definition) is 2. The smallest absolute Gasteiger partial charge is 0.115 e. The van der Waals surface area contributed by atoms with E-state index in [4.69, 9.17) is 4.74 Å². The predicted molar refractivity (Wildman–Crippen MR) is 68.6 cm³/mol. The molecule has 0 heterocycles. The van der Waals surface area contributed by atoms with Crippen LogP contribution in [0.1, 0.15) is 18.9 Å². The predicted octanol–water partition coefficient (Wildman–Crippen LogP) is 2.67. The zero-order valence-electron chi connectivity index (χ0n) is 9.66. The molecule has 0 fully saturated rings. The summed E-state index contributed by atoms with van der Waals surface area (Å²) in [4.78, 5) is 0. The third-order valence-electron chi connectivity index (χ3n) is 2.47. The number of ether oxygens (including phenoxy) is 1. The highest BCUT2D eigenvalue weighted by molar-refractivity contribution is 9.10. The Bertz CT molecular complexity index is 331. The standard InChI is InChI=1S/C12H18BrNO2/c1-3-10(8-16-2)14-7-9-6-11(15)4-5-12(9)13/h4-6,10,14-15H,3,7-8H2,1-2H3. The van der Waals surface area contributed by atoms with E-state index >= 15 is 0 Å². The Morgan fingerprint density at radius 1 is 1.50 bits per heavy atom. The zero-order valence-corrected chi connectivity index (χ0v) is 11.3. The molecule has 0 spiro atoms. The number of phenols is 1. The number of rotatable bonds is 6. The van der Waals surface area contributed by atoms with Crippen molar-refractivity contribution >= 4 is 15.9 Å². The van der Waals surface area contributed by atoms with Gasteiger partial charge in [-0.05, 0) is 30.2 Å². The number of aromatic hydroxyl groups is 1. The fourth-order valence-corrected chi connectivity index (χ4v) is 1.86. The molecular formula is C12H18BrNO2. The fraction of sp³-hybridized carbons (Fsp3) is 0.500. The first-order valence-electron chi connectivity index (χ1n) is 5.37. The molecule has 1 aromatic rings. The number of nitrogens with one attached hydrogen (secondary N) is 1. The molecule has 1 atom stereocenters. The molecule has 90 valence electrons. The minimum Gasteiger partial charge on any atom is -0.508 e. The van der Waals surface area contributed by atoms with Crippen molar-refractivity contribution in [3.05, 3.63) is 28.2 Å². The van der Waals surface area contributed by atoms with Crippen molar-refractivity contribution in [2.75, 3.05) is 13.7 Å². The summed E-state index contributed by atoms with van der Waals surface area (Å²) in [6.07, 6.45) is 1.02. The van der Waals surface area contributed by atoms with Gasteiger partial charge in [0.05, 0.1) is 6.61 Å². The Morgan fingerprint density at radius 2 is 2.25 bits per heavy atom. The van der Waals surface area contributed by atoms with Crippen molar-refractivity contribution in [3.63, 3.8) is 0 Å². The largest absolute Gasteiger partial charge is 0.508 e. The summed E-state index contributed by atoms with van der Waals surface area (Å²) in [6, 6.07) is 5.62. The molecule has 0 aliphatic carbocycles. The van der Waals surface area contributed by atoms with Gasteiger partial charge in [-0.1, -0.05) is 22.9 Å². The van der Waals surface area contributed by atoms with Gasteiger partial charge in [0.15, 0.2) is 0 Å². The fourth-order valence-electron chi connectivity index (χ4n) is 1.47. The van der Waals surface area contributed by atoms with E-state index in [2.05, 4.69) is 28.2 Å². The van der Waals surface area contributed by atoms with Gasteiger partial charge < -0.3 is 15.2 Å².